The predicted octanol–water partition coefficient (Wildman–Crippen LogP) is -7.21. The Balaban J connectivity index is -0.0000000346. The second kappa shape index (κ2) is 19.2. The molecule has 0 atom stereocenters. The van der Waals surface area contributed by atoms with Crippen LogP contribution in [0.25, 0.3) is 0 Å². The van der Waals surface area contributed by atoms with Gasteiger partial charge in [0.15, 0.2) is 0 Å². The summed E-state index contributed by atoms with van der Waals surface area (Å²) in [5.41, 5.74) is 0.530. The Morgan fingerprint density at radius 1 is 0.833 bits per heavy atom. The quantitative estimate of drug-likeness (QED) is 0.381. The summed E-state index contributed by atoms with van der Waals surface area (Å²) in [4.78, 5) is 0. The van der Waals surface area contributed by atoms with E-state index in [1.54, 1.807) is 30.3 Å². The van der Waals surface area contributed by atoms with Crippen LogP contribution < -0.4 is 29.6 Å². The van der Waals surface area contributed by atoms with Crippen LogP contribution in [0, 0.1) is 0 Å². The molecular weight excluding hydrogens is 283 g/mol. The topological polar surface area (TPSA) is 246 Å². The summed E-state index contributed by atoms with van der Waals surface area (Å²) < 4.78 is 30.7. The zero-order chi connectivity index (χ0) is 8.32. The van der Waals surface area contributed by atoms with Crippen LogP contribution in [-0.4, -0.2) is 45.8 Å². The van der Waals surface area contributed by atoms with Crippen molar-refractivity contribution in [1.82, 2.24) is 0 Å². The van der Waals surface area contributed by atoms with E-state index in [1.165, 1.54) is 0 Å². The minimum atomic E-state index is -4.13. The van der Waals surface area contributed by atoms with Gasteiger partial charge in [-0.25, -0.2) is 8.42 Å². The normalized spacial score (nSPS) is 6.94. The molecule has 0 saturated carbocycles. The molecule has 1 aromatic rings. The zero-order valence-corrected chi connectivity index (χ0v) is 12.5. The monoisotopic (exact) mass is 302 g/mol. The van der Waals surface area contributed by atoms with E-state index in [4.69, 9.17) is 0 Å². The Kier molecular flexibility index (Phi) is 46.0. The summed E-state index contributed by atoms with van der Waals surface area (Å²) in [6.07, 6.45) is 0. The number of hydrogen-bond acceptors (Lipinski definition) is 3. The van der Waals surface area contributed by atoms with Gasteiger partial charge in [0.05, 0.1) is 15.9 Å². The first-order valence-corrected chi connectivity index (χ1v) is 4.63. The number of rotatable bonds is 2. The molecule has 0 radical (unpaired) electrons. The molecule has 0 amide bonds. The van der Waals surface area contributed by atoms with Crippen LogP contribution in [-0.2, 0) is 15.9 Å². The van der Waals surface area contributed by atoms with E-state index >= 15 is 0 Å². The van der Waals surface area contributed by atoms with E-state index < -0.39 is 15.9 Å². The molecule has 12 N–H and O–H groups in total. The Morgan fingerprint density at radius 2 is 1.17 bits per heavy atom. The van der Waals surface area contributed by atoms with Gasteiger partial charge in [-0.15, -0.1) is 0 Å². The third-order valence-corrected chi connectivity index (χ3v) is 1.87. The molecule has 0 aliphatic heterocycles. The molecule has 1 aromatic carbocycles. The maximum Gasteiger partial charge on any atom is 1.00 e. The van der Waals surface area contributed by atoms with Crippen LogP contribution in [0.1, 0.15) is 5.56 Å². The van der Waals surface area contributed by atoms with Crippen molar-refractivity contribution >= 4 is 10.1 Å². The van der Waals surface area contributed by atoms with E-state index in [9.17, 15) is 13.0 Å². The number of hydrogen-bond donors (Lipinski definition) is 0. The Labute approximate surface area is 127 Å². The smallest absolute Gasteiger partial charge is 0.748 e. The van der Waals surface area contributed by atoms with Gasteiger partial charge < -0.3 is 37.4 Å². The van der Waals surface area contributed by atoms with Crippen LogP contribution >= 0.6 is 0 Å². The minimum absolute atomic E-state index is 0. The van der Waals surface area contributed by atoms with Crippen molar-refractivity contribution in [3.8, 4) is 0 Å². The first-order valence-electron chi connectivity index (χ1n) is 3.05. The fourth-order valence-corrected chi connectivity index (χ4v) is 1.38. The fourth-order valence-electron chi connectivity index (χ4n) is 0.778. The van der Waals surface area contributed by atoms with Gasteiger partial charge in [-0.3, -0.25) is 0 Å². The molecular formula is C7H19NaO9S. The molecule has 0 spiro atoms. The summed E-state index contributed by atoms with van der Waals surface area (Å²) in [5.74, 6) is -0.423. The molecule has 0 saturated heterocycles. The van der Waals surface area contributed by atoms with Crippen LogP contribution in [0.2, 0.25) is 0 Å². The Hall–Kier alpha value is -0.110. The second-order valence-electron chi connectivity index (χ2n) is 2.19. The molecule has 108 valence electrons. The van der Waals surface area contributed by atoms with Gasteiger partial charge in [-0.2, -0.15) is 0 Å². The summed E-state index contributed by atoms with van der Waals surface area (Å²) in [7, 11) is -4.13. The van der Waals surface area contributed by atoms with Crippen LogP contribution in [0.15, 0.2) is 30.3 Å². The first kappa shape index (κ1) is 43.0. The van der Waals surface area contributed by atoms with Gasteiger partial charge in [0, 0.05) is 0 Å². The number of benzene rings is 1. The van der Waals surface area contributed by atoms with Crippen molar-refractivity contribution in [2.75, 3.05) is 0 Å². The summed E-state index contributed by atoms with van der Waals surface area (Å²) in [6.45, 7) is 0. The van der Waals surface area contributed by atoms with Crippen LogP contribution in [0.3, 0.4) is 0 Å². The standard InChI is InChI=1S/C7H8O3S.Na.6H2O/c8-11(9,10)6-7-4-2-1-3-5-7;;;;;;;/h1-5H,6H2,(H,8,9,10);;6*1H2/q;+1;;;;;;/p-1. The van der Waals surface area contributed by atoms with E-state index in [2.05, 4.69) is 0 Å². The molecule has 9 nitrogen and oxygen atoms in total. The molecule has 1 rings (SSSR count). The zero-order valence-electron chi connectivity index (χ0n) is 9.73. The van der Waals surface area contributed by atoms with Crippen LogP contribution in [0.4, 0.5) is 0 Å². The van der Waals surface area contributed by atoms with Crippen molar-refractivity contribution in [1.29, 1.82) is 0 Å². The summed E-state index contributed by atoms with van der Waals surface area (Å²) >= 11 is 0. The summed E-state index contributed by atoms with van der Waals surface area (Å²) in [5, 5.41) is 0. The van der Waals surface area contributed by atoms with Crippen molar-refractivity contribution in [3.05, 3.63) is 35.9 Å². The molecule has 0 fully saturated rings. The summed E-state index contributed by atoms with van der Waals surface area (Å²) in [6, 6.07) is 8.37. The Morgan fingerprint density at radius 3 is 1.44 bits per heavy atom. The molecule has 0 aromatic heterocycles. The fraction of sp³-hybridized carbons (Fsp3) is 0.143. The maximum absolute atomic E-state index is 10.2. The molecule has 11 heteroatoms. The molecule has 0 aliphatic rings. The van der Waals surface area contributed by atoms with Gasteiger partial charge in [0.25, 0.3) is 0 Å². The average Bonchev–Trinajstić information content (AvgIpc) is 1.85. The molecule has 0 bridgehead atoms. The second-order valence-corrected chi connectivity index (χ2v) is 3.59. The first-order chi connectivity index (χ1) is 5.08. The van der Waals surface area contributed by atoms with Crippen molar-refractivity contribution in [3.63, 3.8) is 0 Å². The van der Waals surface area contributed by atoms with Crippen molar-refractivity contribution in [2.24, 2.45) is 0 Å². The van der Waals surface area contributed by atoms with E-state index in [-0.39, 0.29) is 62.4 Å². The molecule has 0 heterocycles. The van der Waals surface area contributed by atoms with Crippen LogP contribution in [0.5, 0.6) is 0 Å². The molecule has 0 aliphatic carbocycles. The van der Waals surface area contributed by atoms with Gasteiger partial charge >= 0.3 is 29.6 Å². The van der Waals surface area contributed by atoms with Crippen molar-refractivity contribution in [2.45, 2.75) is 5.75 Å². The third kappa shape index (κ3) is 21.2. The Bertz CT molecular complexity index is 328. The van der Waals surface area contributed by atoms with Crippen molar-refractivity contribution < 1.29 is 75.4 Å². The largest absolute Gasteiger partial charge is 1.00 e. The molecule has 0 unspecified atom stereocenters. The minimum Gasteiger partial charge on any atom is -0.748 e. The molecule has 18 heavy (non-hydrogen) atoms. The van der Waals surface area contributed by atoms with Gasteiger partial charge in [-0.1, -0.05) is 30.3 Å². The van der Waals surface area contributed by atoms with Gasteiger partial charge in [-0.05, 0) is 5.56 Å². The van der Waals surface area contributed by atoms with Gasteiger partial charge in [0.2, 0.25) is 0 Å². The maximum atomic E-state index is 10.2. The van der Waals surface area contributed by atoms with E-state index in [1.807, 2.05) is 0 Å². The van der Waals surface area contributed by atoms with Gasteiger partial charge in [0.1, 0.15) is 0 Å². The third-order valence-electron chi connectivity index (χ3n) is 1.19. The predicted molar refractivity (Wildman–Crippen MR) is 61.5 cm³/mol. The SMILES string of the molecule is O.O.O.O.O.O.O=S(=O)([O-])Cc1ccccc1.[Na+]. The average molecular weight is 302 g/mol. The van der Waals surface area contributed by atoms with E-state index in [0.29, 0.717) is 5.56 Å². The van der Waals surface area contributed by atoms with E-state index in [0.717, 1.165) is 0 Å².